The number of ether oxygens (including phenoxy) is 1. The first kappa shape index (κ1) is 14.4. The minimum Gasteiger partial charge on any atom is -0.461 e. The average Bonchev–Trinajstić information content (AvgIpc) is 2.33. The highest BCUT2D eigenvalue weighted by Gasteiger charge is 2.08. The van der Waals surface area contributed by atoms with Crippen molar-refractivity contribution in [2.75, 3.05) is 30.3 Å². The Morgan fingerprint density at radius 2 is 1.72 bits per heavy atom. The molecule has 0 bridgehead atoms. The second kappa shape index (κ2) is 7.65. The highest BCUT2D eigenvalue weighted by atomic mass is 16.5. The molecule has 18 heavy (non-hydrogen) atoms. The summed E-state index contributed by atoms with van der Waals surface area (Å²) in [6, 6.07) is 0.277. The Kier molecular flexibility index (Phi) is 6.13. The van der Waals surface area contributed by atoms with Crippen LogP contribution >= 0.6 is 0 Å². The second-order valence-electron chi connectivity index (χ2n) is 4.01. The van der Waals surface area contributed by atoms with Gasteiger partial charge in [-0.15, -0.1) is 0 Å². The van der Waals surface area contributed by atoms with Crippen molar-refractivity contribution in [3.63, 3.8) is 0 Å². The second-order valence-corrected chi connectivity index (χ2v) is 4.01. The van der Waals surface area contributed by atoms with Crippen LogP contribution < -0.4 is 15.4 Å². The molecule has 0 atom stereocenters. The van der Waals surface area contributed by atoms with Crippen molar-refractivity contribution in [3.05, 3.63) is 0 Å². The van der Waals surface area contributed by atoms with Gasteiger partial charge in [0.2, 0.25) is 11.9 Å². The van der Waals surface area contributed by atoms with Crippen LogP contribution in [0.5, 0.6) is 6.01 Å². The van der Waals surface area contributed by atoms with Crippen LogP contribution in [0.2, 0.25) is 0 Å². The number of aromatic nitrogens is 3. The summed E-state index contributed by atoms with van der Waals surface area (Å²) in [7, 11) is 0. The Labute approximate surface area is 107 Å². The van der Waals surface area contributed by atoms with Crippen LogP contribution in [0.1, 0.15) is 27.2 Å². The lowest BCUT2D eigenvalue weighted by molar-refractivity contribution is 0.222. The summed E-state index contributed by atoms with van der Waals surface area (Å²) in [5, 5.41) is 14.7. The summed E-state index contributed by atoms with van der Waals surface area (Å²) in [5.74, 6) is 0.872. The van der Waals surface area contributed by atoms with Crippen LogP contribution in [-0.2, 0) is 0 Å². The van der Waals surface area contributed by atoms with E-state index in [1.807, 2.05) is 13.8 Å². The molecule has 0 saturated carbocycles. The van der Waals surface area contributed by atoms with Gasteiger partial charge >= 0.3 is 6.01 Å². The minimum atomic E-state index is -0.00267. The molecule has 3 N–H and O–H groups in total. The van der Waals surface area contributed by atoms with Crippen molar-refractivity contribution in [2.45, 2.75) is 33.3 Å². The predicted molar refractivity (Wildman–Crippen MR) is 69.9 cm³/mol. The van der Waals surface area contributed by atoms with Crippen molar-refractivity contribution in [2.24, 2.45) is 0 Å². The van der Waals surface area contributed by atoms with E-state index in [4.69, 9.17) is 9.84 Å². The van der Waals surface area contributed by atoms with E-state index in [1.165, 1.54) is 0 Å². The smallest absolute Gasteiger partial charge is 0.323 e. The van der Waals surface area contributed by atoms with Crippen molar-refractivity contribution in [3.8, 4) is 6.01 Å². The van der Waals surface area contributed by atoms with Crippen LogP contribution in [-0.4, -0.2) is 45.9 Å². The highest BCUT2D eigenvalue weighted by Crippen LogP contribution is 2.12. The van der Waals surface area contributed by atoms with Gasteiger partial charge in [-0.2, -0.15) is 15.0 Å². The van der Waals surface area contributed by atoms with E-state index in [0.29, 0.717) is 18.4 Å². The molecule has 0 aliphatic heterocycles. The summed E-state index contributed by atoms with van der Waals surface area (Å²) in [4.78, 5) is 12.5. The fraction of sp³-hybridized carbons (Fsp3) is 0.727. The van der Waals surface area contributed by atoms with Gasteiger partial charge in [0.25, 0.3) is 0 Å². The molecule has 0 fully saturated rings. The number of nitrogens with zero attached hydrogens (tertiary/aromatic N) is 3. The number of nitrogens with one attached hydrogen (secondary N) is 2. The zero-order valence-corrected chi connectivity index (χ0v) is 11.1. The summed E-state index contributed by atoms with van der Waals surface area (Å²) in [5.41, 5.74) is 0. The minimum absolute atomic E-state index is 0.00267. The van der Waals surface area contributed by atoms with Gasteiger partial charge in [-0.3, -0.25) is 0 Å². The summed E-state index contributed by atoms with van der Waals surface area (Å²) < 4.78 is 5.45. The monoisotopic (exact) mass is 255 g/mol. The number of aliphatic hydroxyl groups excluding tert-OH is 1. The number of hydrogen-bond donors (Lipinski definition) is 3. The molecule has 1 heterocycles. The molecule has 0 aliphatic rings. The van der Waals surface area contributed by atoms with Gasteiger partial charge in [-0.05, 0) is 20.3 Å². The van der Waals surface area contributed by atoms with Crippen molar-refractivity contribution in [1.29, 1.82) is 0 Å². The van der Waals surface area contributed by atoms with E-state index >= 15 is 0 Å². The number of aliphatic hydroxyl groups is 1. The fourth-order valence-electron chi connectivity index (χ4n) is 1.18. The molecule has 1 rings (SSSR count). The van der Waals surface area contributed by atoms with Gasteiger partial charge in [0.05, 0.1) is 12.7 Å². The normalized spacial score (nSPS) is 10.5. The summed E-state index contributed by atoms with van der Waals surface area (Å²) in [6.45, 7) is 7.06. The fourth-order valence-corrected chi connectivity index (χ4v) is 1.18. The number of rotatable bonds is 8. The molecular formula is C11H21N5O2. The topological polar surface area (TPSA) is 92.2 Å². The number of hydrogen-bond acceptors (Lipinski definition) is 7. The third-order valence-electron chi connectivity index (χ3n) is 1.88. The van der Waals surface area contributed by atoms with Crippen molar-refractivity contribution >= 4 is 11.9 Å². The molecule has 1 aromatic rings. The van der Waals surface area contributed by atoms with Gasteiger partial charge in [0, 0.05) is 13.1 Å². The molecule has 0 radical (unpaired) electrons. The Balaban J connectivity index is 2.81. The lowest BCUT2D eigenvalue weighted by Crippen LogP contribution is -2.15. The maximum atomic E-state index is 8.77. The summed E-state index contributed by atoms with van der Waals surface area (Å²) in [6.07, 6.45) is 0.975. The Morgan fingerprint density at radius 1 is 1.11 bits per heavy atom. The quantitative estimate of drug-likeness (QED) is 0.635. The van der Waals surface area contributed by atoms with E-state index in [-0.39, 0.29) is 18.7 Å². The molecule has 0 aromatic carbocycles. The van der Waals surface area contributed by atoms with Gasteiger partial charge in [-0.1, -0.05) is 6.92 Å². The molecule has 0 aliphatic carbocycles. The molecule has 7 heteroatoms. The van der Waals surface area contributed by atoms with E-state index < -0.39 is 0 Å². The third kappa shape index (κ3) is 5.13. The summed E-state index contributed by atoms with van der Waals surface area (Å²) >= 11 is 0. The van der Waals surface area contributed by atoms with Gasteiger partial charge in [-0.25, -0.2) is 0 Å². The lowest BCUT2D eigenvalue weighted by atomic mass is 10.5. The number of anilines is 2. The zero-order chi connectivity index (χ0) is 13.4. The molecule has 7 nitrogen and oxygen atoms in total. The van der Waals surface area contributed by atoms with Crippen molar-refractivity contribution < 1.29 is 9.84 Å². The first-order chi connectivity index (χ1) is 8.65. The first-order valence-electron chi connectivity index (χ1n) is 6.17. The molecular weight excluding hydrogens is 234 g/mol. The molecule has 0 unspecified atom stereocenters. The van der Waals surface area contributed by atoms with E-state index in [0.717, 1.165) is 13.0 Å². The van der Waals surface area contributed by atoms with Gasteiger partial charge in [0.1, 0.15) is 0 Å². The van der Waals surface area contributed by atoms with E-state index in [9.17, 15) is 0 Å². The molecule has 0 spiro atoms. The van der Waals surface area contributed by atoms with E-state index in [2.05, 4.69) is 32.5 Å². The van der Waals surface area contributed by atoms with Crippen LogP contribution in [0.25, 0.3) is 0 Å². The largest absolute Gasteiger partial charge is 0.461 e. The molecule has 102 valence electrons. The predicted octanol–water partition coefficient (Wildman–Crippen LogP) is 0.885. The Morgan fingerprint density at radius 3 is 2.22 bits per heavy atom. The maximum absolute atomic E-state index is 8.77. The van der Waals surface area contributed by atoms with Crippen LogP contribution in [0.4, 0.5) is 11.9 Å². The maximum Gasteiger partial charge on any atom is 0.323 e. The third-order valence-corrected chi connectivity index (χ3v) is 1.88. The SMILES string of the molecule is CCCNc1nc(NCCO)nc(OC(C)C)n1. The highest BCUT2D eigenvalue weighted by molar-refractivity contribution is 5.35. The first-order valence-corrected chi connectivity index (χ1v) is 6.17. The Bertz CT molecular complexity index is 333. The standard InChI is InChI=1S/C11H21N5O2/c1-4-5-12-9-14-10(13-6-7-17)16-11(15-9)18-8(2)3/h8,17H,4-7H2,1-3H3,(H2,12,13,14,15,16). The molecule has 0 amide bonds. The van der Waals surface area contributed by atoms with Gasteiger partial charge in [0.15, 0.2) is 0 Å². The van der Waals surface area contributed by atoms with Crippen LogP contribution in [0.3, 0.4) is 0 Å². The van der Waals surface area contributed by atoms with Crippen LogP contribution in [0.15, 0.2) is 0 Å². The van der Waals surface area contributed by atoms with Crippen molar-refractivity contribution in [1.82, 2.24) is 15.0 Å². The van der Waals surface area contributed by atoms with E-state index in [1.54, 1.807) is 0 Å². The zero-order valence-electron chi connectivity index (χ0n) is 11.1. The molecule has 0 saturated heterocycles. The average molecular weight is 255 g/mol. The Hall–Kier alpha value is -1.63. The lowest BCUT2D eigenvalue weighted by Gasteiger charge is -2.11. The van der Waals surface area contributed by atoms with Gasteiger partial charge < -0.3 is 20.5 Å². The molecule has 1 aromatic heterocycles. The van der Waals surface area contributed by atoms with Crippen LogP contribution in [0, 0.1) is 0 Å².